The van der Waals surface area contributed by atoms with Crippen molar-refractivity contribution < 1.29 is 9.18 Å². The molecule has 0 unspecified atom stereocenters. The minimum atomic E-state index is -0.518. The van der Waals surface area contributed by atoms with E-state index in [-0.39, 0.29) is 16.6 Å². The van der Waals surface area contributed by atoms with Crippen LogP contribution in [0.25, 0.3) is 0 Å². The lowest BCUT2D eigenvalue weighted by Gasteiger charge is -2.05. The molecule has 0 bridgehead atoms. The highest BCUT2D eigenvalue weighted by Gasteiger charge is 2.07. The summed E-state index contributed by atoms with van der Waals surface area (Å²) in [6, 6.07) is 4.33. The van der Waals surface area contributed by atoms with Gasteiger partial charge in [0.15, 0.2) is 5.17 Å². The number of amidine groups is 1. The maximum atomic E-state index is 13.3. The van der Waals surface area contributed by atoms with Crippen LogP contribution in [0, 0.1) is 11.2 Å². The van der Waals surface area contributed by atoms with Crippen molar-refractivity contribution in [3.63, 3.8) is 0 Å². The maximum Gasteiger partial charge on any atom is 0.234 e. The summed E-state index contributed by atoms with van der Waals surface area (Å²) in [4.78, 5) is 11.3. The van der Waals surface area contributed by atoms with Crippen molar-refractivity contribution in [1.82, 2.24) is 0 Å². The van der Waals surface area contributed by atoms with Gasteiger partial charge in [-0.25, -0.2) is 4.39 Å². The van der Waals surface area contributed by atoms with Gasteiger partial charge >= 0.3 is 0 Å². The largest absolute Gasteiger partial charge is 0.379 e. The van der Waals surface area contributed by atoms with E-state index in [1.165, 1.54) is 12.1 Å². The van der Waals surface area contributed by atoms with E-state index in [2.05, 4.69) is 21.2 Å². The zero-order valence-corrected chi connectivity index (χ0v) is 10.5. The van der Waals surface area contributed by atoms with Crippen molar-refractivity contribution in [3.05, 3.63) is 28.5 Å². The van der Waals surface area contributed by atoms with Gasteiger partial charge in [-0.05, 0) is 18.2 Å². The Kier molecular flexibility index (Phi) is 4.75. The van der Waals surface area contributed by atoms with Crippen LogP contribution in [-0.4, -0.2) is 16.8 Å². The van der Waals surface area contributed by atoms with Crippen molar-refractivity contribution in [2.75, 3.05) is 11.1 Å². The van der Waals surface area contributed by atoms with Gasteiger partial charge in [-0.2, -0.15) is 0 Å². The predicted molar refractivity (Wildman–Crippen MR) is 67.1 cm³/mol. The fourth-order valence-corrected chi connectivity index (χ4v) is 1.61. The number of benzene rings is 1. The molecule has 0 saturated carbocycles. The Morgan fingerprint density at radius 3 is 2.88 bits per heavy atom. The van der Waals surface area contributed by atoms with Crippen LogP contribution < -0.4 is 11.1 Å². The van der Waals surface area contributed by atoms with E-state index >= 15 is 0 Å². The lowest BCUT2D eigenvalue weighted by Crippen LogP contribution is -2.17. The van der Waals surface area contributed by atoms with Crippen LogP contribution in [0.4, 0.5) is 10.1 Å². The smallest absolute Gasteiger partial charge is 0.234 e. The fourth-order valence-electron chi connectivity index (χ4n) is 0.920. The molecule has 1 aromatic carbocycles. The summed E-state index contributed by atoms with van der Waals surface area (Å²) in [5.74, 6) is -0.929. The molecule has 7 heteroatoms. The third kappa shape index (κ3) is 4.19. The molecule has 0 radical (unpaired) electrons. The Hall–Kier alpha value is -1.08. The highest BCUT2D eigenvalue weighted by molar-refractivity contribution is 9.10. The highest BCUT2D eigenvalue weighted by atomic mass is 79.9. The highest BCUT2D eigenvalue weighted by Crippen LogP contribution is 2.19. The van der Waals surface area contributed by atoms with Crippen molar-refractivity contribution in [2.45, 2.75) is 0 Å². The average molecular weight is 306 g/mol. The standard InChI is InChI=1S/C9H9BrFN3OS/c10-5-1-2-7(6(11)3-5)14-8(15)4-16-9(12)13/h1-3H,4H2,(H3,12,13)(H,14,15). The zero-order chi connectivity index (χ0) is 12.1. The molecule has 86 valence electrons. The molecule has 0 spiro atoms. The van der Waals surface area contributed by atoms with E-state index in [1.807, 2.05) is 0 Å². The van der Waals surface area contributed by atoms with E-state index < -0.39 is 11.7 Å². The summed E-state index contributed by atoms with van der Waals surface area (Å²) in [7, 11) is 0. The molecule has 16 heavy (non-hydrogen) atoms. The van der Waals surface area contributed by atoms with Crippen molar-refractivity contribution in [1.29, 1.82) is 5.41 Å². The van der Waals surface area contributed by atoms with Gasteiger partial charge in [-0.15, -0.1) is 0 Å². The van der Waals surface area contributed by atoms with Gasteiger partial charge in [-0.3, -0.25) is 10.2 Å². The van der Waals surface area contributed by atoms with Gasteiger partial charge in [0.1, 0.15) is 5.82 Å². The maximum absolute atomic E-state index is 13.3. The number of anilines is 1. The topological polar surface area (TPSA) is 79.0 Å². The summed E-state index contributed by atoms with van der Waals surface area (Å²) < 4.78 is 13.9. The zero-order valence-electron chi connectivity index (χ0n) is 8.09. The molecular formula is C9H9BrFN3OS. The summed E-state index contributed by atoms with van der Waals surface area (Å²) >= 11 is 4.00. The molecule has 0 atom stereocenters. The number of carbonyl (C=O) groups excluding carboxylic acids is 1. The normalized spacial score (nSPS) is 9.88. The number of halogens is 2. The lowest BCUT2D eigenvalue weighted by molar-refractivity contribution is -0.113. The number of nitrogens with one attached hydrogen (secondary N) is 2. The van der Waals surface area contributed by atoms with Crippen LogP contribution in [0.3, 0.4) is 0 Å². The van der Waals surface area contributed by atoms with E-state index in [4.69, 9.17) is 11.1 Å². The third-order valence-electron chi connectivity index (χ3n) is 1.56. The summed E-state index contributed by atoms with van der Waals surface area (Å²) in [5.41, 5.74) is 5.18. The number of carbonyl (C=O) groups is 1. The number of nitrogens with two attached hydrogens (primary N) is 1. The fraction of sp³-hybridized carbons (Fsp3) is 0.111. The molecule has 1 rings (SSSR count). The Labute approximate surface area is 104 Å². The van der Waals surface area contributed by atoms with Gasteiger partial charge in [0.05, 0.1) is 11.4 Å². The molecule has 0 aliphatic carbocycles. The van der Waals surface area contributed by atoms with Crippen LogP contribution in [0.2, 0.25) is 0 Å². The van der Waals surface area contributed by atoms with Gasteiger partial charge in [0, 0.05) is 4.47 Å². The SMILES string of the molecule is N=C(N)SCC(=O)Nc1ccc(Br)cc1F. The summed E-state index contributed by atoms with van der Waals surface area (Å²) in [6.07, 6.45) is 0. The molecule has 0 saturated heterocycles. The number of rotatable bonds is 3. The first kappa shape index (κ1) is 13.0. The molecule has 4 nitrogen and oxygen atoms in total. The van der Waals surface area contributed by atoms with Crippen LogP contribution in [0.15, 0.2) is 22.7 Å². The molecule has 0 aliphatic heterocycles. The Morgan fingerprint density at radius 1 is 1.62 bits per heavy atom. The van der Waals surface area contributed by atoms with E-state index in [0.29, 0.717) is 4.47 Å². The van der Waals surface area contributed by atoms with Crippen LogP contribution in [0.5, 0.6) is 0 Å². The second-order valence-corrected chi connectivity index (χ2v) is 4.76. The predicted octanol–water partition coefficient (Wildman–Crippen LogP) is 2.15. The third-order valence-corrected chi connectivity index (χ3v) is 2.77. The quantitative estimate of drug-likeness (QED) is 0.591. The lowest BCUT2D eigenvalue weighted by atomic mass is 10.3. The van der Waals surface area contributed by atoms with E-state index in [1.54, 1.807) is 6.07 Å². The van der Waals surface area contributed by atoms with Crippen molar-refractivity contribution >= 4 is 44.5 Å². The number of hydrogen-bond acceptors (Lipinski definition) is 3. The Morgan fingerprint density at radius 2 is 2.31 bits per heavy atom. The molecule has 0 fully saturated rings. The van der Waals surface area contributed by atoms with Gasteiger partial charge in [0.2, 0.25) is 5.91 Å². The molecule has 1 aromatic rings. The molecule has 1 amide bonds. The first-order valence-electron chi connectivity index (χ1n) is 4.21. The van der Waals surface area contributed by atoms with Gasteiger partial charge < -0.3 is 11.1 Å². The van der Waals surface area contributed by atoms with Crippen molar-refractivity contribution in [3.8, 4) is 0 Å². The molecule has 0 aliphatic rings. The summed E-state index contributed by atoms with van der Waals surface area (Å²) in [6.45, 7) is 0. The molecule has 4 N–H and O–H groups in total. The molecule has 0 aromatic heterocycles. The second kappa shape index (κ2) is 5.86. The second-order valence-electron chi connectivity index (χ2n) is 2.83. The van der Waals surface area contributed by atoms with Gasteiger partial charge in [-0.1, -0.05) is 27.7 Å². The Bertz CT molecular complexity index is 427. The minimum Gasteiger partial charge on any atom is -0.379 e. The minimum absolute atomic E-state index is 0.00909. The van der Waals surface area contributed by atoms with E-state index in [0.717, 1.165) is 11.8 Å². The van der Waals surface area contributed by atoms with Crippen LogP contribution in [-0.2, 0) is 4.79 Å². The van der Waals surface area contributed by atoms with Crippen molar-refractivity contribution in [2.24, 2.45) is 5.73 Å². The molecule has 0 heterocycles. The average Bonchev–Trinajstić information content (AvgIpc) is 2.19. The number of thioether (sulfide) groups is 1. The first-order chi connectivity index (χ1) is 7.49. The number of amides is 1. The summed E-state index contributed by atoms with van der Waals surface area (Å²) in [5, 5.41) is 9.16. The van der Waals surface area contributed by atoms with Crippen LogP contribution in [0.1, 0.15) is 0 Å². The monoisotopic (exact) mass is 305 g/mol. The van der Waals surface area contributed by atoms with Gasteiger partial charge in [0.25, 0.3) is 0 Å². The number of hydrogen-bond donors (Lipinski definition) is 3. The van der Waals surface area contributed by atoms with Crippen LogP contribution >= 0.6 is 27.7 Å². The molecular weight excluding hydrogens is 297 g/mol. The Balaban J connectivity index is 2.59. The van der Waals surface area contributed by atoms with E-state index in [9.17, 15) is 9.18 Å². The first-order valence-corrected chi connectivity index (χ1v) is 5.98.